The molecule has 1 fully saturated rings. The molecule has 7 heteroatoms. The van der Waals surface area contributed by atoms with Gasteiger partial charge in [-0.3, -0.25) is 4.79 Å². The van der Waals surface area contributed by atoms with Crippen LogP contribution in [0.25, 0.3) is 5.57 Å². The standard InChI is InChI=1S/C16H15FN4OS/c17-16(15-20-19-9-21(15)11-4-5-11)12(10-6-7-23-8-10)2-1-3-13(16)14(18)22/h1-3,6-9,11,13H,4-5H2,(H2,18,22). The Kier molecular flexibility index (Phi) is 3.19. The molecule has 4 rings (SSSR count). The van der Waals surface area contributed by atoms with Crippen LogP contribution in [-0.2, 0) is 10.5 Å². The fourth-order valence-corrected chi connectivity index (χ4v) is 3.74. The number of hydrogen-bond acceptors (Lipinski definition) is 4. The second-order valence-corrected chi connectivity index (χ2v) is 6.64. The zero-order valence-corrected chi connectivity index (χ0v) is 13.0. The van der Waals surface area contributed by atoms with Crippen molar-refractivity contribution in [1.29, 1.82) is 0 Å². The summed E-state index contributed by atoms with van der Waals surface area (Å²) < 4.78 is 18.1. The van der Waals surface area contributed by atoms with Crippen LogP contribution in [-0.4, -0.2) is 20.7 Å². The Morgan fingerprint density at radius 2 is 2.30 bits per heavy atom. The number of allylic oxidation sites excluding steroid dienone is 3. The summed E-state index contributed by atoms with van der Waals surface area (Å²) in [6.07, 6.45) is 8.34. The van der Waals surface area contributed by atoms with E-state index in [-0.39, 0.29) is 11.9 Å². The van der Waals surface area contributed by atoms with Gasteiger partial charge in [-0.2, -0.15) is 11.3 Å². The average Bonchev–Trinajstić information content (AvgIpc) is 3.04. The van der Waals surface area contributed by atoms with Crippen LogP contribution in [0.4, 0.5) is 4.39 Å². The number of rotatable bonds is 4. The molecular weight excluding hydrogens is 315 g/mol. The van der Waals surface area contributed by atoms with Gasteiger partial charge in [-0.05, 0) is 35.2 Å². The molecule has 0 radical (unpaired) electrons. The summed E-state index contributed by atoms with van der Waals surface area (Å²) in [5.41, 5.74) is 4.52. The molecule has 2 heterocycles. The van der Waals surface area contributed by atoms with Crippen molar-refractivity contribution < 1.29 is 9.18 Å². The number of hydrogen-bond donors (Lipinski definition) is 1. The highest BCUT2D eigenvalue weighted by Crippen LogP contribution is 2.50. The summed E-state index contributed by atoms with van der Waals surface area (Å²) in [5.74, 6) is -1.66. The number of carbonyl (C=O) groups is 1. The molecule has 2 N–H and O–H groups in total. The molecule has 0 saturated heterocycles. The van der Waals surface area contributed by atoms with Crippen LogP contribution >= 0.6 is 11.3 Å². The van der Waals surface area contributed by atoms with Gasteiger partial charge in [0.25, 0.3) is 0 Å². The third-order valence-corrected chi connectivity index (χ3v) is 5.05. The maximum absolute atomic E-state index is 16.4. The minimum Gasteiger partial charge on any atom is -0.369 e. The van der Waals surface area contributed by atoms with E-state index in [1.54, 1.807) is 16.7 Å². The number of carbonyl (C=O) groups excluding carboxylic acids is 1. The van der Waals surface area contributed by atoms with Gasteiger partial charge in [-0.1, -0.05) is 18.2 Å². The van der Waals surface area contributed by atoms with Gasteiger partial charge in [-0.25, -0.2) is 4.39 Å². The third kappa shape index (κ3) is 2.15. The number of primary amides is 1. The number of alkyl halides is 1. The van der Waals surface area contributed by atoms with E-state index in [0.29, 0.717) is 5.57 Å². The molecule has 2 atom stereocenters. The first kappa shape index (κ1) is 14.3. The van der Waals surface area contributed by atoms with Crippen molar-refractivity contribution in [2.24, 2.45) is 11.7 Å². The van der Waals surface area contributed by atoms with Gasteiger partial charge in [-0.15, -0.1) is 10.2 Å². The quantitative estimate of drug-likeness (QED) is 0.936. The molecule has 118 valence electrons. The number of nitrogens with two attached hydrogens (primary N) is 1. The highest BCUT2D eigenvalue weighted by atomic mass is 32.1. The van der Waals surface area contributed by atoms with Crippen LogP contribution in [0.2, 0.25) is 0 Å². The Labute approximate surface area is 136 Å². The maximum Gasteiger partial charge on any atom is 0.228 e. The van der Waals surface area contributed by atoms with Gasteiger partial charge >= 0.3 is 0 Å². The first-order valence-corrected chi connectivity index (χ1v) is 8.36. The molecule has 1 saturated carbocycles. The van der Waals surface area contributed by atoms with E-state index in [1.807, 2.05) is 16.8 Å². The topological polar surface area (TPSA) is 73.8 Å². The Balaban J connectivity index is 1.91. The Bertz CT molecular complexity index is 806. The first-order valence-electron chi connectivity index (χ1n) is 7.42. The third-order valence-electron chi connectivity index (χ3n) is 4.36. The predicted octanol–water partition coefficient (Wildman–Crippen LogP) is 2.59. The van der Waals surface area contributed by atoms with Crippen LogP contribution < -0.4 is 5.73 Å². The van der Waals surface area contributed by atoms with Gasteiger partial charge in [0.2, 0.25) is 11.6 Å². The van der Waals surface area contributed by atoms with E-state index in [4.69, 9.17) is 5.73 Å². The lowest BCUT2D eigenvalue weighted by atomic mass is 9.76. The summed E-state index contributed by atoms with van der Waals surface area (Å²) >= 11 is 1.47. The Morgan fingerprint density at radius 1 is 1.48 bits per heavy atom. The van der Waals surface area contributed by atoms with Gasteiger partial charge in [0.1, 0.15) is 12.2 Å². The molecule has 1 amide bonds. The summed E-state index contributed by atoms with van der Waals surface area (Å²) in [6.45, 7) is 0. The summed E-state index contributed by atoms with van der Waals surface area (Å²) in [5, 5.41) is 11.6. The van der Waals surface area contributed by atoms with Crippen molar-refractivity contribution in [2.45, 2.75) is 24.6 Å². The smallest absolute Gasteiger partial charge is 0.228 e. The molecule has 0 aliphatic heterocycles. The van der Waals surface area contributed by atoms with Crippen molar-refractivity contribution >= 4 is 22.8 Å². The van der Waals surface area contributed by atoms with Crippen molar-refractivity contribution in [2.75, 3.05) is 0 Å². The lowest BCUT2D eigenvalue weighted by Crippen LogP contribution is -2.42. The minimum atomic E-state index is -2.11. The SMILES string of the molecule is NC(=O)C1C=CC=C(c2ccsc2)C1(F)c1nncn1C1CC1. The average molecular weight is 330 g/mol. The van der Waals surface area contributed by atoms with E-state index >= 15 is 4.39 Å². The fourth-order valence-electron chi connectivity index (χ4n) is 3.08. The van der Waals surface area contributed by atoms with Gasteiger partial charge < -0.3 is 10.3 Å². The Hall–Kier alpha value is -2.28. The Morgan fingerprint density at radius 3 is 2.96 bits per heavy atom. The first-order chi connectivity index (χ1) is 11.1. The van der Waals surface area contributed by atoms with Crippen molar-refractivity contribution in [3.63, 3.8) is 0 Å². The summed E-state index contributed by atoms with van der Waals surface area (Å²) in [4.78, 5) is 11.9. The molecule has 5 nitrogen and oxygen atoms in total. The molecule has 2 aliphatic rings. The van der Waals surface area contributed by atoms with E-state index in [9.17, 15) is 4.79 Å². The molecule has 2 aromatic rings. The fraction of sp³-hybridized carbons (Fsp3) is 0.312. The van der Waals surface area contributed by atoms with Gasteiger partial charge in [0.15, 0.2) is 5.82 Å². The molecule has 0 aromatic carbocycles. The van der Waals surface area contributed by atoms with Crippen molar-refractivity contribution in [1.82, 2.24) is 14.8 Å². The molecule has 2 aromatic heterocycles. The van der Waals surface area contributed by atoms with Crippen LogP contribution in [0.15, 0.2) is 41.4 Å². The minimum absolute atomic E-state index is 0.158. The predicted molar refractivity (Wildman–Crippen MR) is 85.2 cm³/mol. The zero-order chi connectivity index (χ0) is 16.0. The number of amides is 1. The van der Waals surface area contributed by atoms with Gasteiger partial charge in [0.05, 0.1) is 0 Å². The zero-order valence-electron chi connectivity index (χ0n) is 12.2. The van der Waals surface area contributed by atoms with E-state index in [1.165, 1.54) is 23.7 Å². The number of thiophene rings is 1. The van der Waals surface area contributed by atoms with Crippen LogP contribution in [0, 0.1) is 5.92 Å². The lowest BCUT2D eigenvalue weighted by molar-refractivity contribution is -0.123. The lowest BCUT2D eigenvalue weighted by Gasteiger charge is -2.33. The number of halogens is 1. The normalized spacial score (nSPS) is 27.0. The maximum atomic E-state index is 16.4. The second kappa shape index (κ2) is 5.13. The van der Waals surface area contributed by atoms with Gasteiger partial charge in [0, 0.05) is 11.6 Å². The second-order valence-electron chi connectivity index (χ2n) is 5.86. The molecule has 2 unspecified atom stereocenters. The molecular formula is C16H15FN4OS. The number of aromatic nitrogens is 3. The van der Waals surface area contributed by atoms with Crippen molar-refractivity contribution in [3.8, 4) is 0 Å². The molecule has 2 aliphatic carbocycles. The summed E-state index contributed by atoms with van der Waals surface area (Å²) in [7, 11) is 0. The molecule has 0 bridgehead atoms. The molecule has 0 spiro atoms. The van der Waals surface area contributed by atoms with E-state index in [2.05, 4.69) is 10.2 Å². The highest BCUT2D eigenvalue weighted by molar-refractivity contribution is 7.08. The monoisotopic (exact) mass is 330 g/mol. The molecule has 23 heavy (non-hydrogen) atoms. The number of nitrogens with zero attached hydrogens (tertiary/aromatic N) is 3. The van der Waals surface area contributed by atoms with E-state index < -0.39 is 17.5 Å². The van der Waals surface area contributed by atoms with Crippen LogP contribution in [0.1, 0.15) is 30.3 Å². The van der Waals surface area contributed by atoms with Crippen LogP contribution in [0.5, 0.6) is 0 Å². The highest BCUT2D eigenvalue weighted by Gasteiger charge is 2.52. The van der Waals surface area contributed by atoms with Crippen molar-refractivity contribution in [3.05, 3.63) is 52.8 Å². The van der Waals surface area contributed by atoms with E-state index in [0.717, 1.165) is 18.4 Å². The van der Waals surface area contributed by atoms with Crippen LogP contribution in [0.3, 0.4) is 0 Å². The summed E-state index contributed by atoms with van der Waals surface area (Å²) in [6, 6.07) is 2.04. The largest absolute Gasteiger partial charge is 0.369 e.